The van der Waals surface area contributed by atoms with Gasteiger partial charge in [-0.1, -0.05) is 0 Å². The van der Waals surface area contributed by atoms with Crippen LogP contribution in [0.2, 0.25) is 0 Å². The van der Waals surface area contributed by atoms with E-state index in [0.717, 1.165) is 0 Å². The van der Waals surface area contributed by atoms with Crippen LogP contribution in [-0.4, -0.2) is 42.1 Å². The van der Waals surface area contributed by atoms with Gasteiger partial charge in [0.05, 0.1) is 18.1 Å². The molecule has 0 spiro atoms. The molecule has 1 rings (SSSR count). The van der Waals surface area contributed by atoms with Crippen molar-refractivity contribution in [1.82, 2.24) is 4.90 Å². The van der Waals surface area contributed by atoms with E-state index in [9.17, 15) is 9.59 Å². The minimum Gasteiger partial charge on any atom is -0.483 e. The van der Waals surface area contributed by atoms with E-state index in [1.165, 1.54) is 23.1 Å². The van der Waals surface area contributed by atoms with Crippen molar-refractivity contribution >= 4 is 11.9 Å². The molecule has 1 aromatic rings. The molecule has 0 fully saturated rings. The van der Waals surface area contributed by atoms with Crippen LogP contribution < -0.4 is 4.74 Å². The lowest BCUT2D eigenvalue weighted by Gasteiger charge is -2.16. The monoisotopic (exact) mass is 276 g/mol. The van der Waals surface area contributed by atoms with Crippen molar-refractivity contribution in [3.05, 3.63) is 29.3 Å². The second kappa shape index (κ2) is 7.14. The molecule has 0 radical (unpaired) electrons. The van der Waals surface area contributed by atoms with Crippen molar-refractivity contribution < 1.29 is 19.4 Å². The van der Waals surface area contributed by atoms with Crippen LogP contribution in [-0.2, 0) is 4.79 Å². The summed E-state index contributed by atoms with van der Waals surface area (Å²) in [4.78, 5) is 23.9. The largest absolute Gasteiger partial charge is 0.483 e. The number of likely N-dealkylation sites (N-methyl/N-ethyl adjacent to an activating group) is 1. The first-order chi connectivity index (χ1) is 9.45. The smallest absolute Gasteiger partial charge is 0.335 e. The summed E-state index contributed by atoms with van der Waals surface area (Å²) in [5, 5.41) is 17.3. The fourth-order valence-electron chi connectivity index (χ4n) is 1.54. The topological polar surface area (TPSA) is 90.6 Å². The number of nitriles is 1. The van der Waals surface area contributed by atoms with Crippen molar-refractivity contribution in [1.29, 1.82) is 5.26 Å². The predicted molar refractivity (Wildman–Crippen MR) is 71.5 cm³/mol. The zero-order chi connectivity index (χ0) is 15.1. The first-order valence-electron chi connectivity index (χ1n) is 6.03. The first kappa shape index (κ1) is 15.5. The Bertz CT molecular complexity index is 549. The van der Waals surface area contributed by atoms with Gasteiger partial charge in [-0.2, -0.15) is 5.26 Å². The summed E-state index contributed by atoms with van der Waals surface area (Å²) < 4.78 is 5.37. The maximum absolute atomic E-state index is 11.7. The standard InChI is InChI=1S/C14H16N2O4/c1-10-8-11(14(18)19)4-5-12(10)20-9-13(17)16(2)7-3-6-15/h4-5,8H,3,7,9H2,1-2H3,(H,18,19). The van der Waals surface area contributed by atoms with E-state index >= 15 is 0 Å². The van der Waals surface area contributed by atoms with Gasteiger partial charge in [0.25, 0.3) is 5.91 Å². The SMILES string of the molecule is Cc1cc(C(=O)O)ccc1OCC(=O)N(C)CCC#N. The molecule has 1 aromatic carbocycles. The molecule has 0 saturated heterocycles. The third-order valence-corrected chi connectivity index (χ3v) is 2.76. The molecule has 0 atom stereocenters. The molecule has 0 aliphatic carbocycles. The average molecular weight is 276 g/mol. The summed E-state index contributed by atoms with van der Waals surface area (Å²) in [7, 11) is 1.60. The Morgan fingerprint density at radius 1 is 1.45 bits per heavy atom. The summed E-state index contributed by atoms with van der Waals surface area (Å²) in [5.41, 5.74) is 0.824. The molecule has 6 heteroatoms. The highest BCUT2D eigenvalue weighted by Crippen LogP contribution is 2.19. The number of carbonyl (C=O) groups excluding carboxylic acids is 1. The van der Waals surface area contributed by atoms with Crippen LogP contribution in [0, 0.1) is 18.3 Å². The van der Waals surface area contributed by atoms with Gasteiger partial charge in [0.2, 0.25) is 0 Å². The van der Waals surface area contributed by atoms with Crippen LogP contribution in [0.4, 0.5) is 0 Å². The lowest BCUT2D eigenvalue weighted by molar-refractivity contribution is -0.132. The molecule has 6 nitrogen and oxygen atoms in total. The molecule has 0 heterocycles. The van der Waals surface area contributed by atoms with E-state index in [0.29, 0.717) is 17.9 Å². The summed E-state index contributed by atoms with van der Waals surface area (Å²) >= 11 is 0. The number of rotatable bonds is 6. The molecule has 20 heavy (non-hydrogen) atoms. The Morgan fingerprint density at radius 3 is 2.70 bits per heavy atom. The molecule has 0 aromatic heterocycles. The highest BCUT2D eigenvalue weighted by atomic mass is 16.5. The lowest BCUT2D eigenvalue weighted by atomic mass is 10.1. The van der Waals surface area contributed by atoms with Crippen molar-refractivity contribution in [3.8, 4) is 11.8 Å². The molecular weight excluding hydrogens is 260 g/mol. The highest BCUT2D eigenvalue weighted by Gasteiger charge is 2.11. The van der Waals surface area contributed by atoms with Gasteiger partial charge in [0, 0.05) is 13.6 Å². The summed E-state index contributed by atoms with van der Waals surface area (Å²) in [6, 6.07) is 6.40. The van der Waals surface area contributed by atoms with Gasteiger partial charge in [-0.25, -0.2) is 4.79 Å². The van der Waals surface area contributed by atoms with E-state index < -0.39 is 5.97 Å². The van der Waals surface area contributed by atoms with Crippen LogP contribution >= 0.6 is 0 Å². The molecule has 0 aliphatic heterocycles. The number of benzene rings is 1. The van der Waals surface area contributed by atoms with Crippen LogP contribution in [0.3, 0.4) is 0 Å². The predicted octanol–water partition coefficient (Wildman–Crippen LogP) is 1.44. The number of aromatic carboxylic acids is 1. The van der Waals surface area contributed by atoms with E-state index in [2.05, 4.69) is 0 Å². The minimum absolute atomic E-state index is 0.144. The normalized spacial score (nSPS) is 9.65. The maximum Gasteiger partial charge on any atom is 0.335 e. The van der Waals surface area contributed by atoms with E-state index in [-0.39, 0.29) is 24.5 Å². The van der Waals surface area contributed by atoms with Gasteiger partial charge in [-0.05, 0) is 30.7 Å². The number of ether oxygens (including phenoxy) is 1. The van der Waals surface area contributed by atoms with Crippen molar-refractivity contribution in [2.75, 3.05) is 20.2 Å². The van der Waals surface area contributed by atoms with Gasteiger partial charge in [0.15, 0.2) is 6.61 Å². The quantitative estimate of drug-likeness (QED) is 0.849. The Morgan fingerprint density at radius 2 is 2.15 bits per heavy atom. The third-order valence-electron chi connectivity index (χ3n) is 2.76. The summed E-state index contributed by atoms with van der Waals surface area (Å²) in [6.07, 6.45) is 0.272. The van der Waals surface area contributed by atoms with Crippen LogP contribution in [0.25, 0.3) is 0 Å². The van der Waals surface area contributed by atoms with Gasteiger partial charge in [-0.15, -0.1) is 0 Å². The number of carbonyl (C=O) groups is 2. The fraction of sp³-hybridized carbons (Fsp3) is 0.357. The van der Waals surface area contributed by atoms with E-state index in [1.807, 2.05) is 6.07 Å². The molecule has 0 aliphatic rings. The third kappa shape index (κ3) is 4.28. The summed E-state index contributed by atoms with van der Waals surface area (Å²) in [6.45, 7) is 1.93. The van der Waals surface area contributed by atoms with Crippen LogP contribution in [0.5, 0.6) is 5.75 Å². The Hall–Kier alpha value is -2.55. The first-order valence-corrected chi connectivity index (χ1v) is 6.03. The number of aryl methyl sites for hydroxylation is 1. The van der Waals surface area contributed by atoms with Gasteiger partial charge in [-0.3, -0.25) is 4.79 Å². The number of hydrogen-bond donors (Lipinski definition) is 1. The van der Waals surface area contributed by atoms with Crippen molar-refractivity contribution in [3.63, 3.8) is 0 Å². The Balaban J connectivity index is 2.60. The maximum atomic E-state index is 11.7. The molecule has 0 bridgehead atoms. The molecule has 1 amide bonds. The molecule has 1 N–H and O–H groups in total. The van der Waals surface area contributed by atoms with Gasteiger partial charge in [0.1, 0.15) is 5.75 Å². The number of carboxylic acids is 1. The average Bonchev–Trinajstić information content (AvgIpc) is 2.42. The van der Waals surface area contributed by atoms with E-state index in [4.69, 9.17) is 15.1 Å². The molecule has 0 unspecified atom stereocenters. The molecule has 106 valence electrons. The zero-order valence-corrected chi connectivity index (χ0v) is 11.4. The van der Waals surface area contributed by atoms with Gasteiger partial charge >= 0.3 is 5.97 Å². The minimum atomic E-state index is -1.01. The van der Waals surface area contributed by atoms with Crippen LogP contribution in [0.15, 0.2) is 18.2 Å². The summed E-state index contributed by atoms with van der Waals surface area (Å²) in [5.74, 6) is -0.772. The fourth-order valence-corrected chi connectivity index (χ4v) is 1.54. The molecular formula is C14H16N2O4. The number of carboxylic acid groups (broad SMARTS) is 1. The molecule has 0 saturated carbocycles. The number of hydrogen-bond acceptors (Lipinski definition) is 4. The number of nitrogens with zero attached hydrogens (tertiary/aromatic N) is 2. The Kier molecular flexibility index (Phi) is 5.54. The zero-order valence-electron chi connectivity index (χ0n) is 11.4. The van der Waals surface area contributed by atoms with Crippen molar-refractivity contribution in [2.45, 2.75) is 13.3 Å². The van der Waals surface area contributed by atoms with E-state index in [1.54, 1.807) is 14.0 Å². The number of amides is 1. The second-order valence-corrected chi connectivity index (χ2v) is 4.30. The second-order valence-electron chi connectivity index (χ2n) is 4.30. The van der Waals surface area contributed by atoms with Crippen LogP contribution in [0.1, 0.15) is 22.3 Å². The van der Waals surface area contributed by atoms with Crippen molar-refractivity contribution in [2.24, 2.45) is 0 Å². The Labute approximate surface area is 117 Å². The highest BCUT2D eigenvalue weighted by molar-refractivity contribution is 5.88. The lowest BCUT2D eigenvalue weighted by Crippen LogP contribution is -2.32. The van der Waals surface area contributed by atoms with Gasteiger partial charge < -0.3 is 14.7 Å².